The summed E-state index contributed by atoms with van der Waals surface area (Å²) >= 11 is 0. The van der Waals surface area contributed by atoms with Gasteiger partial charge in [0.05, 0.1) is 28.5 Å². The normalized spacial score (nSPS) is 10.5. The first-order valence-corrected chi connectivity index (χ1v) is 6.16. The van der Waals surface area contributed by atoms with Crippen molar-refractivity contribution < 1.29 is 19.2 Å². The number of benzene rings is 1. The number of hydrogen-bond donors (Lipinski definition) is 0. The number of rotatable bonds is 4. The molecule has 2 heterocycles. The number of hydrogen-bond acceptors (Lipinski definition) is 6. The first-order chi connectivity index (χ1) is 10.6. The van der Waals surface area contributed by atoms with E-state index < -0.39 is 10.9 Å². The Bertz CT molecular complexity index is 851. The molecule has 0 fully saturated rings. The molecule has 0 aliphatic rings. The van der Waals surface area contributed by atoms with Crippen LogP contribution in [0.1, 0.15) is 10.5 Å². The zero-order chi connectivity index (χ0) is 15.7. The number of nitro benzene ring substituents is 1. The molecule has 22 heavy (non-hydrogen) atoms. The zero-order valence-electron chi connectivity index (χ0n) is 11.0. The van der Waals surface area contributed by atoms with Crippen LogP contribution in [-0.2, 0) is 0 Å². The largest absolute Gasteiger partial charge is 0.543 e. The Balaban J connectivity index is 2.15. The zero-order valence-corrected chi connectivity index (χ0v) is 11.0. The van der Waals surface area contributed by atoms with Crippen LogP contribution in [0, 0.1) is 10.1 Å². The summed E-state index contributed by atoms with van der Waals surface area (Å²) < 4.78 is 6.24. The number of nitro groups is 1. The molecule has 0 unspecified atom stereocenters. The molecule has 1 aromatic carbocycles. The van der Waals surface area contributed by atoms with E-state index in [1.54, 1.807) is 12.1 Å². The van der Waals surface area contributed by atoms with E-state index in [1.807, 2.05) is 0 Å². The first kappa shape index (κ1) is 13.6. The molecular formula is C14H8N3O5-. The number of aromatic nitrogens is 2. The van der Waals surface area contributed by atoms with Crippen molar-refractivity contribution in [1.82, 2.24) is 9.78 Å². The second-order valence-electron chi connectivity index (χ2n) is 4.37. The van der Waals surface area contributed by atoms with E-state index in [9.17, 15) is 20.0 Å². The number of carbonyl (C=O) groups is 1. The maximum Gasteiger partial charge on any atom is 0.271 e. The van der Waals surface area contributed by atoms with Gasteiger partial charge in [0.25, 0.3) is 5.69 Å². The lowest BCUT2D eigenvalue weighted by Gasteiger charge is -2.07. The first-order valence-electron chi connectivity index (χ1n) is 6.16. The van der Waals surface area contributed by atoms with Crippen LogP contribution in [0.3, 0.4) is 0 Å². The summed E-state index contributed by atoms with van der Waals surface area (Å²) in [5, 5.41) is 26.2. The summed E-state index contributed by atoms with van der Waals surface area (Å²) in [7, 11) is 0. The number of non-ortho nitro benzene ring substituents is 1. The van der Waals surface area contributed by atoms with Crippen LogP contribution in [-0.4, -0.2) is 20.7 Å². The SMILES string of the molecule is O=C([O-])c1cc(-c2ccco2)nn1-c1cccc([N+](=O)[O-])c1. The number of carboxylic acid groups (broad SMARTS) is 1. The van der Waals surface area contributed by atoms with Gasteiger partial charge in [0.15, 0.2) is 5.76 Å². The average Bonchev–Trinajstić information content (AvgIpc) is 3.16. The molecule has 0 atom stereocenters. The maximum absolute atomic E-state index is 11.3. The molecule has 3 aromatic rings. The number of carbonyl (C=O) groups excluding carboxylic acids is 1. The van der Waals surface area contributed by atoms with E-state index in [-0.39, 0.29) is 22.8 Å². The van der Waals surface area contributed by atoms with Gasteiger partial charge in [-0.25, -0.2) is 4.68 Å². The van der Waals surface area contributed by atoms with Gasteiger partial charge in [-0.2, -0.15) is 5.10 Å². The van der Waals surface area contributed by atoms with Crippen molar-refractivity contribution >= 4 is 11.7 Å². The molecule has 8 heteroatoms. The van der Waals surface area contributed by atoms with Crippen LogP contribution in [0.25, 0.3) is 17.1 Å². The highest BCUT2D eigenvalue weighted by atomic mass is 16.6. The molecule has 0 radical (unpaired) electrons. The Morgan fingerprint density at radius 1 is 1.23 bits per heavy atom. The van der Waals surface area contributed by atoms with E-state index >= 15 is 0 Å². The lowest BCUT2D eigenvalue weighted by atomic mass is 10.2. The monoisotopic (exact) mass is 298 g/mol. The fraction of sp³-hybridized carbons (Fsp3) is 0. The summed E-state index contributed by atoms with van der Waals surface area (Å²) in [5.74, 6) is -1.07. The Hall–Kier alpha value is -3.42. The van der Waals surface area contributed by atoms with Gasteiger partial charge in [-0.3, -0.25) is 10.1 Å². The van der Waals surface area contributed by atoms with E-state index in [0.29, 0.717) is 5.76 Å². The summed E-state index contributed by atoms with van der Waals surface area (Å²) in [6.45, 7) is 0. The number of aromatic carboxylic acids is 1. The third kappa shape index (κ3) is 2.33. The summed E-state index contributed by atoms with van der Waals surface area (Å²) in [6, 6.07) is 10.0. The van der Waals surface area contributed by atoms with Gasteiger partial charge in [0.2, 0.25) is 0 Å². The topological polar surface area (TPSA) is 114 Å². The molecule has 0 spiro atoms. The van der Waals surface area contributed by atoms with Gasteiger partial charge < -0.3 is 14.3 Å². The second kappa shape index (κ2) is 5.17. The van der Waals surface area contributed by atoms with Crippen molar-refractivity contribution in [3.05, 3.63) is 64.5 Å². The Kier molecular flexibility index (Phi) is 3.18. The van der Waals surface area contributed by atoms with Crippen molar-refractivity contribution in [2.24, 2.45) is 0 Å². The molecule has 2 aromatic heterocycles. The van der Waals surface area contributed by atoms with Gasteiger partial charge in [-0.15, -0.1) is 0 Å². The maximum atomic E-state index is 11.3. The molecule has 0 aliphatic carbocycles. The number of carboxylic acids is 1. The number of nitrogens with zero attached hydrogens (tertiary/aromatic N) is 3. The van der Waals surface area contributed by atoms with Crippen molar-refractivity contribution in [2.75, 3.05) is 0 Å². The molecule has 0 N–H and O–H groups in total. The Morgan fingerprint density at radius 3 is 2.68 bits per heavy atom. The van der Waals surface area contributed by atoms with Gasteiger partial charge in [-0.05, 0) is 24.3 Å². The molecule has 0 aliphatic heterocycles. The van der Waals surface area contributed by atoms with Crippen molar-refractivity contribution in [3.8, 4) is 17.1 Å². The highest BCUT2D eigenvalue weighted by molar-refractivity contribution is 5.86. The van der Waals surface area contributed by atoms with E-state index in [2.05, 4.69) is 5.10 Å². The Labute approximate surface area is 123 Å². The molecule has 3 rings (SSSR count). The summed E-state index contributed by atoms with van der Waals surface area (Å²) in [6.07, 6.45) is 1.43. The number of furan rings is 1. The molecule has 8 nitrogen and oxygen atoms in total. The fourth-order valence-electron chi connectivity index (χ4n) is 2.01. The summed E-state index contributed by atoms with van der Waals surface area (Å²) in [5.41, 5.74) is 0.130. The molecule has 0 saturated carbocycles. The molecule has 0 amide bonds. The fourth-order valence-corrected chi connectivity index (χ4v) is 2.01. The minimum Gasteiger partial charge on any atom is -0.543 e. The Morgan fingerprint density at radius 2 is 2.05 bits per heavy atom. The van der Waals surface area contributed by atoms with Crippen LogP contribution in [0.4, 0.5) is 5.69 Å². The van der Waals surface area contributed by atoms with Gasteiger partial charge in [-0.1, -0.05) is 6.07 Å². The van der Waals surface area contributed by atoms with Gasteiger partial charge in [0, 0.05) is 12.1 Å². The van der Waals surface area contributed by atoms with Crippen LogP contribution >= 0.6 is 0 Å². The van der Waals surface area contributed by atoms with Crippen molar-refractivity contribution in [3.63, 3.8) is 0 Å². The van der Waals surface area contributed by atoms with Crippen LogP contribution in [0.2, 0.25) is 0 Å². The predicted molar refractivity (Wildman–Crippen MR) is 72.3 cm³/mol. The van der Waals surface area contributed by atoms with Crippen LogP contribution in [0.5, 0.6) is 0 Å². The average molecular weight is 298 g/mol. The lowest BCUT2D eigenvalue weighted by molar-refractivity contribution is -0.384. The molecule has 110 valence electrons. The van der Waals surface area contributed by atoms with E-state index in [4.69, 9.17) is 4.42 Å². The second-order valence-corrected chi connectivity index (χ2v) is 4.37. The molecule has 0 bridgehead atoms. The van der Waals surface area contributed by atoms with E-state index in [1.165, 1.54) is 36.6 Å². The smallest absolute Gasteiger partial charge is 0.271 e. The highest BCUT2D eigenvalue weighted by Crippen LogP contribution is 2.23. The van der Waals surface area contributed by atoms with Crippen molar-refractivity contribution in [2.45, 2.75) is 0 Å². The molecule has 0 saturated heterocycles. The van der Waals surface area contributed by atoms with Gasteiger partial charge in [0.1, 0.15) is 5.69 Å². The predicted octanol–water partition coefficient (Wildman–Crippen LogP) is 1.40. The van der Waals surface area contributed by atoms with E-state index in [0.717, 1.165) is 4.68 Å². The quantitative estimate of drug-likeness (QED) is 0.531. The minimum atomic E-state index is -1.45. The standard InChI is InChI=1S/C14H9N3O5/c18-14(19)12-8-11(13-5-2-6-22-13)15-16(12)9-3-1-4-10(7-9)17(20)21/h1-8H,(H,18,19)/p-1. The van der Waals surface area contributed by atoms with Gasteiger partial charge >= 0.3 is 0 Å². The minimum absolute atomic E-state index is 0.170. The highest BCUT2D eigenvalue weighted by Gasteiger charge is 2.15. The van der Waals surface area contributed by atoms with Crippen LogP contribution < -0.4 is 5.11 Å². The lowest BCUT2D eigenvalue weighted by Crippen LogP contribution is -2.25. The van der Waals surface area contributed by atoms with Crippen molar-refractivity contribution in [1.29, 1.82) is 0 Å². The van der Waals surface area contributed by atoms with Crippen LogP contribution in [0.15, 0.2) is 53.1 Å². The molecular weight excluding hydrogens is 290 g/mol. The third-order valence-electron chi connectivity index (χ3n) is 2.98. The summed E-state index contributed by atoms with van der Waals surface area (Å²) in [4.78, 5) is 21.5. The third-order valence-corrected chi connectivity index (χ3v) is 2.98.